The van der Waals surface area contributed by atoms with E-state index in [0.29, 0.717) is 6.42 Å². The van der Waals surface area contributed by atoms with Gasteiger partial charge in [0.25, 0.3) is 5.82 Å². The first-order chi connectivity index (χ1) is 11.4. The molecule has 1 heterocycles. The lowest BCUT2D eigenvalue weighted by atomic mass is 10.1. The zero-order valence-corrected chi connectivity index (χ0v) is 13.3. The van der Waals surface area contributed by atoms with Crippen molar-refractivity contribution in [3.05, 3.63) is 89.0 Å². The van der Waals surface area contributed by atoms with E-state index in [2.05, 4.69) is 4.98 Å². The summed E-state index contributed by atoms with van der Waals surface area (Å²) in [4.78, 5) is 3.12. The number of H-pyrrole nitrogens is 1. The molecule has 0 unspecified atom stereocenters. The number of aromatic nitrogens is 2. The smallest absolute Gasteiger partial charge is 0.248 e. The van der Waals surface area contributed by atoms with E-state index in [4.69, 9.17) is 0 Å². The molecule has 2 nitrogen and oxygen atoms in total. The monoisotopic (exact) mass is 331 g/mol. The number of hydrogen-bond acceptors (Lipinski definition) is 0. The van der Waals surface area contributed by atoms with Crippen LogP contribution in [0.3, 0.4) is 0 Å². The van der Waals surface area contributed by atoms with Gasteiger partial charge in [0, 0.05) is 18.9 Å². The van der Waals surface area contributed by atoms with Crippen molar-refractivity contribution in [2.75, 3.05) is 0 Å². The zero-order chi connectivity index (χ0) is 17.2. The van der Waals surface area contributed by atoms with Crippen molar-refractivity contribution >= 4 is 0 Å². The summed E-state index contributed by atoms with van der Waals surface area (Å²) in [5.74, 6) is 0.831. The highest BCUT2D eigenvalue weighted by molar-refractivity contribution is 5.29. The van der Waals surface area contributed by atoms with Crippen molar-refractivity contribution in [1.29, 1.82) is 0 Å². The lowest BCUT2D eigenvalue weighted by Crippen LogP contribution is -2.40. The van der Waals surface area contributed by atoms with Gasteiger partial charge in [-0.25, -0.2) is 9.55 Å². The number of alkyl halides is 3. The summed E-state index contributed by atoms with van der Waals surface area (Å²) in [6, 6.07) is 15.6. The average molecular weight is 331 g/mol. The van der Waals surface area contributed by atoms with Crippen LogP contribution in [0.4, 0.5) is 13.2 Å². The lowest BCUT2D eigenvalue weighted by Gasteiger charge is -2.12. The molecule has 1 N–H and O–H groups in total. The Morgan fingerprint density at radius 1 is 0.958 bits per heavy atom. The van der Waals surface area contributed by atoms with Crippen molar-refractivity contribution < 1.29 is 17.7 Å². The minimum atomic E-state index is -4.35. The normalized spacial score (nSPS) is 11.7. The lowest BCUT2D eigenvalue weighted by molar-refractivity contribution is -0.699. The molecule has 0 fully saturated rings. The van der Waals surface area contributed by atoms with Crippen LogP contribution in [-0.2, 0) is 19.1 Å². The second-order valence-corrected chi connectivity index (χ2v) is 5.77. The van der Waals surface area contributed by atoms with Crippen LogP contribution in [0.15, 0.2) is 60.8 Å². The van der Waals surface area contributed by atoms with E-state index in [9.17, 15) is 13.2 Å². The average Bonchev–Trinajstić information content (AvgIpc) is 2.89. The standard InChI is InChI=1S/C19H17F3N2/c1-14-23-12-17(11-15-7-3-2-4-8-15)24(14)13-16-9-5-6-10-18(16)19(20,21)22/h2-10,12H,11,13H2,1H3/p+1. The van der Waals surface area contributed by atoms with Crippen LogP contribution in [0, 0.1) is 6.92 Å². The van der Waals surface area contributed by atoms with Gasteiger partial charge in [0.15, 0.2) is 0 Å². The van der Waals surface area contributed by atoms with Gasteiger partial charge in [0.1, 0.15) is 18.4 Å². The quantitative estimate of drug-likeness (QED) is 0.689. The highest BCUT2D eigenvalue weighted by atomic mass is 19.4. The van der Waals surface area contributed by atoms with Crippen LogP contribution in [0.2, 0.25) is 0 Å². The molecule has 3 rings (SSSR count). The van der Waals surface area contributed by atoms with Gasteiger partial charge in [-0.15, -0.1) is 0 Å². The van der Waals surface area contributed by atoms with Gasteiger partial charge < -0.3 is 0 Å². The van der Waals surface area contributed by atoms with Crippen molar-refractivity contribution in [3.8, 4) is 0 Å². The maximum atomic E-state index is 13.2. The number of rotatable bonds is 4. The number of aryl methyl sites for hydroxylation is 1. The van der Waals surface area contributed by atoms with Crippen molar-refractivity contribution in [2.45, 2.75) is 26.1 Å². The molecule has 1 aromatic heterocycles. The second kappa shape index (κ2) is 6.51. The van der Waals surface area contributed by atoms with E-state index in [0.717, 1.165) is 23.1 Å². The van der Waals surface area contributed by atoms with Crippen LogP contribution >= 0.6 is 0 Å². The summed E-state index contributed by atoms with van der Waals surface area (Å²) in [6.07, 6.45) is -1.82. The van der Waals surface area contributed by atoms with Gasteiger partial charge >= 0.3 is 6.18 Å². The molecule has 0 spiro atoms. The third-order valence-electron chi connectivity index (χ3n) is 4.08. The summed E-state index contributed by atoms with van der Waals surface area (Å²) in [5, 5.41) is 0. The first kappa shape index (κ1) is 16.3. The first-order valence-electron chi connectivity index (χ1n) is 7.71. The fraction of sp³-hybridized carbons (Fsp3) is 0.211. The van der Waals surface area contributed by atoms with E-state index >= 15 is 0 Å². The molecular weight excluding hydrogens is 313 g/mol. The van der Waals surface area contributed by atoms with Crippen LogP contribution < -0.4 is 4.57 Å². The number of nitrogens with zero attached hydrogens (tertiary/aromatic N) is 1. The molecular formula is C19H18F3N2+. The third kappa shape index (κ3) is 3.50. The van der Waals surface area contributed by atoms with E-state index in [-0.39, 0.29) is 12.1 Å². The summed E-state index contributed by atoms with van der Waals surface area (Å²) >= 11 is 0. The van der Waals surface area contributed by atoms with E-state index in [1.54, 1.807) is 6.07 Å². The molecule has 0 aliphatic carbocycles. The molecule has 2 aromatic carbocycles. The first-order valence-corrected chi connectivity index (χ1v) is 7.71. The fourth-order valence-electron chi connectivity index (χ4n) is 2.84. The number of imidazole rings is 1. The maximum absolute atomic E-state index is 13.2. The predicted molar refractivity (Wildman–Crippen MR) is 85.5 cm³/mol. The molecule has 24 heavy (non-hydrogen) atoms. The molecule has 0 radical (unpaired) electrons. The van der Waals surface area contributed by atoms with E-state index in [1.807, 2.05) is 48.0 Å². The molecule has 0 bridgehead atoms. The Hall–Kier alpha value is -2.56. The highest BCUT2D eigenvalue weighted by Crippen LogP contribution is 2.31. The third-order valence-corrected chi connectivity index (χ3v) is 4.08. The minimum Gasteiger partial charge on any atom is -0.248 e. The second-order valence-electron chi connectivity index (χ2n) is 5.77. The minimum absolute atomic E-state index is 0.188. The van der Waals surface area contributed by atoms with Gasteiger partial charge in [0.2, 0.25) is 0 Å². The van der Waals surface area contributed by atoms with E-state index in [1.165, 1.54) is 12.1 Å². The molecule has 0 atom stereocenters. The molecule has 5 heteroatoms. The topological polar surface area (TPSA) is 19.7 Å². The van der Waals surface area contributed by atoms with Gasteiger partial charge in [-0.1, -0.05) is 48.5 Å². The molecule has 0 saturated heterocycles. The van der Waals surface area contributed by atoms with Crippen molar-refractivity contribution in [2.24, 2.45) is 0 Å². The maximum Gasteiger partial charge on any atom is 0.416 e. The van der Waals surface area contributed by atoms with E-state index < -0.39 is 11.7 Å². The Morgan fingerprint density at radius 2 is 1.62 bits per heavy atom. The zero-order valence-electron chi connectivity index (χ0n) is 13.3. The van der Waals surface area contributed by atoms with Crippen molar-refractivity contribution in [3.63, 3.8) is 0 Å². The number of aromatic amines is 1. The number of nitrogens with one attached hydrogen (secondary N) is 1. The Kier molecular flexibility index (Phi) is 4.42. The van der Waals surface area contributed by atoms with Crippen LogP contribution in [0.5, 0.6) is 0 Å². The van der Waals surface area contributed by atoms with Gasteiger partial charge in [-0.3, -0.25) is 0 Å². The fourth-order valence-corrected chi connectivity index (χ4v) is 2.84. The molecule has 0 saturated carbocycles. The van der Waals surface area contributed by atoms with Gasteiger partial charge in [-0.2, -0.15) is 13.2 Å². The molecule has 124 valence electrons. The van der Waals surface area contributed by atoms with Crippen molar-refractivity contribution in [1.82, 2.24) is 4.98 Å². The van der Waals surface area contributed by atoms with Crippen LogP contribution in [-0.4, -0.2) is 4.98 Å². The van der Waals surface area contributed by atoms with Gasteiger partial charge in [0.05, 0.1) is 5.56 Å². The Balaban J connectivity index is 1.93. The number of benzene rings is 2. The molecule has 3 aromatic rings. The summed E-state index contributed by atoms with van der Waals surface area (Å²) in [5.41, 5.74) is 1.76. The van der Waals surface area contributed by atoms with Gasteiger partial charge in [-0.05, 0) is 11.6 Å². The Morgan fingerprint density at radius 3 is 2.33 bits per heavy atom. The number of halogens is 3. The largest absolute Gasteiger partial charge is 0.416 e. The Bertz CT molecular complexity index is 820. The molecule has 0 aliphatic rings. The van der Waals surface area contributed by atoms with Crippen LogP contribution in [0.25, 0.3) is 0 Å². The summed E-state index contributed by atoms with van der Waals surface area (Å²) in [6.45, 7) is 2.05. The SMILES string of the molecule is Cc1[nH]cc(Cc2ccccc2)[n+]1Cc1ccccc1C(F)(F)F. The summed E-state index contributed by atoms with van der Waals surface area (Å²) < 4.78 is 41.5. The molecule has 0 aliphatic heterocycles. The Labute approximate surface area is 138 Å². The molecule has 0 amide bonds. The number of hydrogen-bond donors (Lipinski definition) is 1. The highest BCUT2D eigenvalue weighted by Gasteiger charge is 2.33. The predicted octanol–water partition coefficient (Wildman–Crippen LogP) is 4.27. The summed E-state index contributed by atoms with van der Waals surface area (Å²) in [7, 11) is 0. The van der Waals surface area contributed by atoms with Crippen LogP contribution in [0.1, 0.15) is 28.2 Å².